The molecule has 4 heterocycles. The van der Waals surface area contributed by atoms with Crippen LogP contribution in [0.5, 0.6) is 11.5 Å². The summed E-state index contributed by atoms with van der Waals surface area (Å²) >= 11 is 0. The Morgan fingerprint density at radius 1 is 1.12 bits per heavy atom. The van der Waals surface area contributed by atoms with Crippen molar-refractivity contribution in [3.63, 3.8) is 0 Å². The molecule has 0 aliphatic carbocycles. The van der Waals surface area contributed by atoms with Gasteiger partial charge in [0.15, 0.2) is 11.5 Å². The summed E-state index contributed by atoms with van der Waals surface area (Å²) in [5.74, 6) is 2.27. The van der Waals surface area contributed by atoms with Crippen molar-refractivity contribution in [2.45, 2.75) is 25.8 Å². The van der Waals surface area contributed by atoms with Crippen LogP contribution in [-0.2, 0) is 0 Å². The number of rotatable bonds is 6. The van der Waals surface area contributed by atoms with Gasteiger partial charge in [-0.25, -0.2) is 9.97 Å². The fraction of sp³-hybridized carbons (Fsp3) is 0.250. The SMILES string of the molecule is Cc1ccnc(NC(=O)c2ccc(Oc3ccnc4[nH]nc(NC5CCCNC5)c34)cc2)c1. The Morgan fingerprint density at radius 2 is 1.97 bits per heavy atom. The van der Waals surface area contributed by atoms with Crippen LogP contribution in [0.1, 0.15) is 28.8 Å². The van der Waals surface area contributed by atoms with Crippen molar-refractivity contribution in [3.8, 4) is 11.5 Å². The number of aromatic amines is 1. The fourth-order valence-corrected chi connectivity index (χ4v) is 3.87. The Kier molecular flexibility index (Phi) is 5.86. The van der Waals surface area contributed by atoms with Crippen molar-refractivity contribution in [2.75, 3.05) is 23.7 Å². The summed E-state index contributed by atoms with van der Waals surface area (Å²) in [5, 5.41) is 17.9. The van der Waals surface area contributed by atoms with E-state index in [-0.39, 0.29) is 5.91 Å². The molecule has 33 heavy (non-hydrogen) atoms. The van der Waals surface area contributed by atoms with Crippen molar-refractivity contribution in [1.82, 2.24) is 25.5 Å². The molecule has 1 saturated heterocycles. The Bertz CT molecular complexity index is 1260. The maximum absolute atomic E-state index is 12.5. The van der Waals surface area contributed by atoms with Crippen LogP contribution in [0.4, 0.5) is 11.6 Å². The van der Waals surface area contributed by atoms with E-state index in [1.807, 2.05) is 25.1 Å². The van der Waals surface area contributed by atoms with Crippen molar-refractivity contribution in [2.24, 2.45) is 0 Å². The number of carbonyl (C=O) groups excluding carboxylic acids is 1. The molecule has 9 heteroatoms. The van der Waals surface area contributed by atoms with Crippen LogP contribution in [0.3, 0.4) is 0 Å². The minimum Gasteiger partial charge on any atom is -0.456 e. The zero-order valence-corrected chi connectivity index (χ0v) is 18.3. The minimum atomic E-state index is -0.228. The number of pyridine rings is 2. The monoisotopic (exact) mass is 443 g/mol. The number of H-pyrrole nitrogens is 1. The number of aryl methyl sites for hydroxylation is 1. The Hall–Kier alpha value is -3.98. The van der Waals surface area contributed by atoms with Gasteiger partial charge < -0.3 is 20.7 Å². The van der Waals surface area contributed by atoms with Crippen molar-refractivity contribution in [3.05, 3.63) is 66.0 Å². The lowest BCUT2D eigenvalue weighted by Crippen LogP contribution is -2.38. The number of fused-ring (bicyclic) bond motifs is 1. The topological polar surface area (TPSA) is 117 Å². The summed E-state index contributed by atoms with van der Waals surface area (Å²) in [5.41, 5.74) is 2.20. The number of nitrogens with zero attached hydrogens (tertiary/aromatic N) is 3. The standard InChI is InChI=1S/C24H25N7O2/c1-15-8-11-26-20(13-15)29-24(32)16-4-6-18(7-5-16)33-19-9-12-27-22-21(19)23(31-30-22)28-17-3-2-10-25-14-17/h4-9,11-13,17,25H,2-3,10,14H2,1H3,(H,26,29,32)(H2,27,28,30,31). The van der Waals surface area contributed by atoms with Gasteiger partial charge in [0, 0.05) is 36.6 Å². The molecule has 1 aromatic carbocycles. The van der Waals surface area contributed by atoms with Crippen molar-refractivity contribution < 1.29 is 9.53 Å². The minimum absolute atomic E-state index is 0.228. The Balaban J connectivity index is 1.32. The number of carbonyl (C=O) groups is 1. The van der Waals surface area contributed by atoms with Gasteiger partial charge in [0.2, 0.25) is 0 Å². The molecule has 0 saturated carbocycles. The quantitative estimate of drug-likeness (QED) is 0.357. The number of piperidine rings is 1. The van der Waals surface area contributed by atoms with E-state index in [0.29, 0.717) is 34.6 Å². The van der Waals surface area contributed by atoms with E-state index in [0.717, 1.165) is 42.7 Å². The van der Waals surface area contributed by atoms with Gasteiger partial charge in [0.25, 0.3) is 5.91 Å². The second-order valence-corrected chi connectivity index (χ2v) is 8.09. The Labute approximate surface area is 191 Å². The molecular formula is C24H25N7O2. The molecule has 1 atom stereocenters. The average Bonchev–Trinajstić information content (AvgIpc) is 3.24. The number of hydrogen-bond donors (Lipinski definition) is 4. The molecule has 168 valence electrons. The lowest BCUT2D eigenvalue weighted by molar-refractivity contribution is 0.102. The van der Waals surface area contributed by atoms with E-state index in [2.05, 4.69) is 36.1 Å². The lowest BCUT2D eigenvalue weighted by Gasteiger charge is -2.23. The van der Waals surface area contributed by atoms with Crippen LogP contribution >= 0.6 is 0 Å². The van der Waals surface area contributed by atoms with Gasteiger partial charge in [-0.2, -0.15) is 5.10 Å². The highest BCUT2D eigenvalue weighted by Gasteiger charge is 2.18. The zero-order valence-electron chi connectivity index (χ0n) is 18.3. The largest absolute Gasteiger partial charge is 0.456 e. The number of anilines is 2. The summed E-state index contributed by atoms with van der Waals surface area (Å²) in [7, 11) is 0. The van der Waals surface area contributed by atoms with Crippen LogP contribution in [0.25, 0.3) is 11.0 Å². The van der Waals surface area contributed by atoms with E-state index < -0.39 is 0 Å². The maximum Gasteiger partial charge on any atom is 0.256 e. The average molecular weight is 444 g/mol. The molecule has 1 aliphatic rings. The first kappa shape index (κ1) is 20.9. The number of aromatic nitrogens is 4. The first-order valence-electron chi connectivity index (χ1n) is 11.0. The first-order valence-corrected chi connectivity index (χ1v) is 11.0. The highest BCUT2D eigenvalue weighted by atomic mass is 16.5. The molecule has 3 aromatic heterocycles. The highest BCUT2D eigenvalue weighted by molar-refractivity contribution is 6.03. The van der Waals surface area contributed by atoms with Crippen LogP contribution in [0, 0.1) is 6.92 Å². The highest BCUT2D eigenvalue weighted by Crippen LogP contribution is 2.33. The molecule has 1 unspecified atom stereocenters. The molecule has 0 radical (unpaired) electrons. The number of hydrogen-bond acceptors (Lipinski definition) is 7. The van der Waals surface area contributed by atoms with E-state index in [4.69, 9.17) is 4.74 Å². The molecule has 0 bridgehead atoms. The summed E-state index contributed by atoms with van der Waals surface area (Å²) < 4.78 is 6.15. The van der Waals surface area contributed by atoms with Crippen LogP contribution in [0.15, 0.2) is 54.9 Å². The predicted molar refractivity (Wildman–Crippen MR) is 127 cm³/mol. The predicted octanol–water partition coefficient (Wildman–Crippen LogP) is 3.87. The molecule has 5 rings (SSSR count). The number of nitrogens with one attached hydrogen (secondary N) is 4. The molecule has 4 N–H and O–H groups in total. The van der Waals surface area contributed by atoms with Gasteiger partial charge in [-0.15, -0.1) is 0 Å². The van der Waals surface area contributed by atoms with Crippen molar-refractivity contribution in [1.29, 1.82) is 0 Å². The van der Waals surface area contributed by atoms with Gasteiger partial charge in [-0.1, -0.05) is 0 Å². The fourth-order valence-electron chi connectivity index (χ4n) is 3.87. The van der Waals surface area contributed by atoms with Crippen LogP contribution < -0.4 is 20.7 Å². The smallest absolute Gasteiger partial charge is 0.256 e. The summed E-state index contributed by atoms with van der Waals surface area (Å²) in [6.07, 6.45) is 5.56. The van der Waals surface area contributed by atoms with E-state index >= 15 is 0 Å². The second kappa shape index (κ2) is 9.25. The van der Waals surface area contributed by atoms with E-state index in [1.165, 1.54) is 0 Å². The van der Waals surface area contributed by atoms with Gasteiger partial charge in [-0.3, -0.25) is 9.89 Å². The molecule has 4 aromatic rings. The van der Waals surface area contributed by atoms with Gasteiger partial charge in [0.05, 0.1) is 0 Å². The molecule has 1 amide bonds. The number of ether oxygens (including phenoxy) is 1. The zero-order chi connectivity index (χ0) is 22.6. The summed E-state index contributed by atoms with van der Waals surface area (Å²) in [6, 6.07) is 12.8. The van der Waals surface area contributed by atoms with Gasteiger partial charge in [0.1, 0.15) is 22.7 Å². The summed E-state index contributed by atoms with van der Waals surface area (Å²) in [6.45, 7) is 3.89. The molecule has 1 aliphatic heterocycles. The van der Waals surface area contributed by atoms with E-state index in [9.17, 15) is 4.79 Å². The third-order valence-corrected chi connectivity index (χ3v) is 5.56. The third-order valence-electron chi connectivity index (χ3n) is 5.56. The van der Waals surface area contributed by atoms with Gasteiger partial charge in [-0.05, 0) is 68.3 Å². The first-order chi connectivity index (χ1) is 16.2. The molecular weight excluding hydrogens is 418 g/mol. The van der Waals surface area contributed by atoms with Crippen LogP contribution in [0.2, 0.25) is 0 Å². The number of benzene rings is 1. The second-order valence-electron chi connectivity index (χ2n) is 8.09. The molecule has 9 nitrogen and oxygen atoms in total. The Morgan fingerprint density at radius 3 is 2.76 bits per heavy atom. The lowest BCUT2D eigenvalue weighted by atomic mass is 10.1. The van der Waals surface area contributed by atoms with E-state index in [1.54, 1.807) is 36.7 Å². The summed E-state index contributed by atoms with van der Waals surface area (Å²) in [4.78, 5) is 21.1. The van der Waals surface area contributed by atoms with Crippen molar-refractivity contribution >= 4 is 28.6 Å². The molecule has 0 spiro atoms. The normalized spacial score (nSPS) is 15.8. The molecule has 1 fully saturated rings. The third kappa shape index (κ3) is 4.78. The maximum atomic E-state index is 12.5. The van der Waals surface area contributed by atoms with Gasteiger partial charge >= 0.3 is 0 Å². The van der Waals surface area contributed by atoms with Crippen LogP contribution in [-0.4, -0.2) is 45.2 Å². The number of amides is 1.